The SMILES string of the molecule is CC(C)[C@](CO)(CC[C@@H](C)[C@H]1CCC2C3C(CC[C@@]21C)[C@@]1(C)CC[C@H](NCCCNCCNCCCN)C[C@@H]1C[C@H]3O)OS(=O)(=O)O. The lowest BCUT2D eigenvalue weighted by atomic mass is 9.43. The largest absolute Gasteiger partial charge is 0.397 e. The number of hydrogen-bond acceptors (Lipinski definition) is 9. The van der Waals surface area contributed by atoms with Gasteiger partial charge in [-0.3, -0.25) is 4.55 Å². The number of nitrogens with one attached hydrogen (secondary N) is 3. The summed E-state index contributed by atoms with van der Waals surface area (Å²) in [5.41, 5.74) is 4.65. The fourth-order valence-electron chi connectivity index (χ4n) is 11.2. The van der Waals surface area contributed by atoms with Crippen LogP contribution in [0.4, 0.5) is 0 Å². The Balaban J connectivity index is 1.30. The molecule has 11 atom stereocenters. The summed E-state index contributed by atoms with van der Waals surface area (Å²) >= 11 is 0. The van der Waals surface area contributed by atoms with E-state index >= 15 is 0 Å². The number of hydrogen-bond donors (Lipinski definition) is 7. The Bertz CT molecular complexity index is 1080. The molecule has 4 fully saturated rings. The van der Waals surface area contributed by atoms with Gasteiger partial charge in [-0.2, -0.15) is 8.42 Å². The van der Waals surface area contributed by atoms with Gasteiger partial charge in [-0.15, -0.1) is 0 Å². The van der Waals surface area contributed by atoms with E-state index in [1.54, 1.807) is 0 Å². The highest BCUT2D eigenvalue weighted by Crippen LogP contribution is 2.68. The summed E-state index contributed by atoms with van der Waals surface area (Å²) in [4.78, 5) is 0. The Labute approximate surface area is 286 Å². The lowest BCUT2D eigenvalue weighted by molar-refractivity contribution is -0.167. The van der Waals surface area contributed by atoms with E-state index in [9.17, 15) is 23.2 Å². The third-order valence-corrected chi connectivity index (χ3v) is 14.6. The Morgan fingerprint density at radius 1 is 0.915 bits per heavy atom. The molecular weight excluding hydrogens is 616 g/mol. The maximum Gasteiger partial charge on any atom is 0.397 e. The number of aliphatic hydroxyl groups excluding tert-OH is 2. The monoisotopic (exact) mass is 687 g/mol. The minimum atomic E-state index is -4.69. The van der Waals surface area contributed by atoms with Gasteiger partial charge in [-0.05, 0) is 155 Å². The topological polar surface area (TPSA) is 166 Å². The minimum Gasteiger partial charge on any atom is -0.393 e. The minimum absolute atomic E-state index is 0.141. The highest BCUT2D eigenvalue weighted by molar-refractivity contribution is 7.80. The van der Waals surface area contributed by atoms with Crippen LogP contribution in [0, 0.1) is 52.3 Å². The quantitative estimate of drug-likeness (QED) is 0.0777. The summed E-state index contributed by atoms with van der Waals surface area (Å²) in [6.07, 6.45) is 12.2. The van der Waals surface area contributed by atoms with E-state index in [1.165, 1.54) is 32.1 Å². The van der Waals surface area contributed by atoms with Gasteiger partial charge in [-0.25, -0.2) is 4.18 Å². The Morgan fingerprint density at radius 3 is 2.21 bits per heavy atom. The summed E-state index contributed by atoms with van der Waals surface area (Å²) in [6.45, 7) is 16.2. The van der Waals surface area contributed by atoms with Crippen LogP contribution >= 0.6 is 0 Å². The van der Waals surface area contributed by atoms with Crippen molar-refractivity contribution in [1.82, 2.24) is 16.0 Å². The van der Waals surface area contributed by atoms with E-state index in [-0.39, 0.29) is 22.9 Å². The number of nitrogens with two attached hydrogens (primary N) is 1. The number of fused-ring (bicyclic) bond motifs is 5. The van der Waals surface area contributed by atoms with Crippen molar-refractivity contribution in [2.75, 3.05) is 45.9 Å². The fraction of sp³-hybridized carbons (Fsp3) is 1.00. The molecule has 10 nitrogen and oxygen atoms in total. The molecule has 3 unspecified atom stereocenters. The van der Waals surface area contributed by atoms with Gasteiger partial charge < -0.3 is 31.9 Å². The van der Waals surface area contributed by atoms with E-state index in [1.807, 2.05) is 13.8 Å². The highest BCUT2D eigenvalue weighted by atomic mass is 32.3. The third kappa shape index (κ3) is 9.11. The first-order chi connectivity index (χ1) is 22.2. The zero-order chi connectivity index (χ0) is 34.5. The van der Waals surface area contributed by atoms with Crippen molar-refractivity contribution in [2.45, 2.75) is 129 Å². The summed E-state index contributed by atoms with van der Waals surface area (Å²) < 4.78 is 37.9. The first-order valence-corrected chi connectivity index (χ1v) is 20.4. The van der Waals surface area contributed by atoms with Gasteiger partial charge in [0.25, 0.3) is 0 Å². The second-order valence-electron chi connectivity index (χ2n) is 16.9. The molecule has 4 saturated carbocycles. The van der Waals surface area contributed by atoms with Crippen LogP contribution in [-0.2, 0) is 14.6 Å². The van der Waals surface area contributed by atoms with Crippen molar-refractivity contribution in [3.8, 4) is 0 Å². The maximum absolute atomic E-state index is 11.8. The van der Waals surface area contributed by atoms with Crippen LogP contribution in [0.5, 0.6) is 0 Å². The molecule has 4 rings (SSSR count). The van der Waals surface area contributed by atoms with Crippen molar-refractivity contribution in [2.24, 2.45) is 58.0 Å². The zero-order valence-corrected chi connectivity index (χ0v) is 31.0. The van der Waals surface area contributed by atoms with Gasteiger partial charge in [0.05, 0.1) is 12.7 Å². The average Bonchev–Trinajstić information content (AvgIpc) is 3.37. The predicted octanol–water partition coefficient (Wildman–Crippen LogP) is 4.12. The third-order valence-electron chi connectivity index (χ3n) is 14.1. The van der Waals surface area contributed by atoms with Gasteiger partial charge in [0, 0.05) is 19.1 Å². The van der Waals surface area contributed by atoms with Crippen LogP contribution in [-0.4, -0.2) is 86.8 Å². The average molecular weight is 687 g/mol. The molecule has 0 bridgehead atoms. The second kappa shape index (κ2) is 16.8. The van der Waals surface area contributed by atoms with E-state index in [4.69, 9.17) is 9.92 Å². The molecule has 8 N–H and O–H groups in total. The van der Waals surface area contributed by atoms with Crippen molar-refractivity contribution < 1.29 is 27.4 Å². The molecule has 0 heterocycles. The van der Waals surface area contributed by atoms with E-state index in [0.29, 0.717) is 54.4 Å². The Kier molecular flexibility index (Phi) is 14.1. The van der Waals surface area contributed by atoms with Crippen molar-refractivity contribution in [1.29, 1.82) is 0 Å². The van der Waals surface area contributed by atoms with E-state index in [0.717, 1.165) is 71.4 Å². The molecule has 0 aromatic heterocycles. The molecule has 0 aromatic rings. The predicted molar refractivity (Wildman–Crippen MR) is 188 cm³/mol. The molecule has 0 aliphatic heterocycles. The first-order valence-electron chi connectivity index (χ1n) is 19.0. The van der Waals surface area contributed by atoms with E-state index < -0.39 is 22.6 Å². The van der Waals surface area contributed by atoms with Gasteiger partial charge in [0.15, 0.2) is 0 Å². The molecule has 0 aromatic carbocycles. The Hall–Kier alpha value is -0.370. The van der Waals surface area contributed by atoms with E-state index in [2.05, 4.69) is 36.7 Å². The van der Waals surface area contributed by atoms with Crippen molar-refractivity contribution >= 4 is 10.4 Å². The smallest absolute Gasteiger partial charge is 0.393 e. The molecule has 276 valence electrons. The molecule has 0 radical (unpaired) electrons. The molecule has 4 aliphatic rings. The molecule has 47 heavy (non-hydrogen) atoms. The molecule has 0 amide bonds. The van der Waals surface area contributed by atoms with Crippen LogP contribution in [0.25, 0.3) is 0 Å². The van der Waals surface area contributed by atoms with Gasteiger partial charge in [0.1, 0.15) is 5.60 Å². The van der Waals surface area contributed by atoms with Crippen LogP contribution in [0.3, 0.4) is 0 Å². The summed E-state index contributed by atoms with van der Waals surface area (Å²) in [7, 11) is -4.69. The van der Waals surface area contributed by atoms with Crippen LogP contribution in [0.2, 0.25) is 0 Å². The fourth-order valence-corrected chi connectivity index (χ4v) is 11.9. The number of aliphatic hydroxyl groups is 2. The molecule has 0 spiro atoms. The van der Waals surface area contributed by atoms with Crippen molar-refractivity contribution in [3.63, 3.8) is 0 Å². The molecule has 11 heteroatoms. The maximum atomic E-state index is 11.8. The molecule has 0 saturated heterocycles. The lowest BCUT2D eigenvalue weighted by Crippen LogP contribution is -2.59. The number of rotatable bonds is 19. The summed E-state index contributed by atoms with van der Waals surface area (Å²) in [5, 5.41) is 32.8. The normalized spacial score (nSPS) is 37.6. The van der Waals surface area contributed by atoms with Crippen LogP contribution < -0.4 is 21.7 Å². The summed E-state index contributed by atoms with van der Waals surface area (Å²) in [5.74, 6) is 2.50. The van der Waals surface area contributed by atoms with Crippen LogP contribution in [0.15, 0.2) is 0 Å². The first kappa shape index (κ1) is 39.4. The van der Waals surface area contributed by atoms with Gasteiger partial charge in [0.2, 0.25) is 0 Å². The van der Waals surface area contributed by atoms with Crippen molar-refractivity contribution in [3.05, 3.63) is 0 Å². The molecular formula is C36H70N4O6S. The van der Waals surface area contributed by atoms with Gasteiger partial charge in [-0.1, -0.05) is 34.6 Å². The lowest BCUT2D eigenvalue weighted by Gasteiger charge is -2.62. The Morgan fingerprint density at radius 2 is 1.57 bits per heavy atom. The standard InChI is InChI=1S/C36H70N4O6S/c1-25(2)36(24-41,46-47(43,44)45)15-10-26(3)29-8-9-30-33-31(12-14-35(29,30)5)34(4)13-11-28(22-27(34)23-32(33)42)40-19-7-18-39-21-20-38-17-6-16-37/h25-33,38-42H,6-24,37H2,1-5H3,(H,43,44,45)/t26-,27-,28+,29-,30?,31?,32-,33?,34+,35-,36-/m1/s1. The van der Waals surface area contributed by atoms with Crippen LogP contribution in [0.1, 0.15) is 112 Å². The second-order valence-corrected chi connectivity index (χ2v) is 17.9. The zero-order valence-electron chi connectivity index (χ0n) is 30.2. The molecule has 4 aliphatic carbocycles. The van der Waals surface area contributed by atoms with Gasteiger partial charge >= 0.3 is 10.4 Å². The summed E-state index contributed by atoms with van der Waals surface area (Å²) in [6, 6.07) is 0.544. The highest BCUT2D eigenvalue weighted by Gasteiger charge is 2.63.